The largest absolute Gasteiger partial charge is 0.462 e. The van der Waals surface area contributed by atoms with Crippen molar-refractivity contribution in [1.82, 2.24) is 0 Å². The topological polar surface area (TPSA) is 61.8 Å². The number of allylic oxidation sites excluding steroid dienone is 1. The molecule has 0 N–H and O–H groups in total. The SMILES string of the molecule is C=CC(C)(C)CC(C)(C)COCC(COC(=O)CC(C)(C)C)OC(=O)CC(C)(C)CC(C)(C)C. The van der Waals surface area contributed by atoms with E-state index in [1.54, 1.807) is 0 Å². The predicted molar refractivity (Wildman–Crippen MR) is 141 cm³/mol. The van der Waals surface area contributed by atoms with Crippen molar-refractivity contribution in [3.05, 3.63) is 12.7 Å². The number of rotatable bonds is 14. The maximum Gasteiger partial charge on any atom is 0.306 e. The summed E-state index contributed by atoms with van der Waals surface area (Å²) in [6.45, 7) is 29.8. The number of carbonyl (C=O) groups excluding carboxylic acids is 2. The zero-order valence-electron chi connectivity index (χ0n) is 24.4. The van der Waals surface area contributed by atoms with Crippen LogP contribution in [0.4, 0.5) is 0 Å². The van der Waals surface area contributed by atoms with E-state index in [1.165, 1.54) is 0 Å². The summed E-state index contributed by atoms with van der Waals surface area (Å²) in [5.41, 5.74) is -0.329. The van der Waals surface area contributed by atoms with Crippen molar-refractivity contribution in [2.45, 2.75) is 115 Å². The highest BCUT2D eigenvalue weighted by Crippen LogP contribution is 2.36. The molecule has 1 unspecified atom stereocenters. The Labute approximate surface area is 210 Å². The van der Waals surface area contributed by atoms with Gasteiger partial charge in [0.05, 0.1) is 26.1 Å². The van der Waals surface area contributed by atoms with Crippen molar-refractivity contribution in [1.29, 1.82) is 0 Å². The van der Waals surface area contributed by atoms with Gasteiger partial charge in [0.1, 0.15) is 6.61 Å². The fourth-order valence-electron chi connectivity index (χ4n) is 4.73. The number of esters is 2. The number of hydrogen-bond donors (Lipinski definition) is 0. The van der Waals surface area contributed by atoms with Gasteiger partial charge in [-0.15, -0.1) is 6.58 Å². The Morgan fingerprint density at radius 3 is 1.76 bits per heavy atom. The first-order valence-electron chi connectivity index (χ1n) is 12.6. The van der Waals surface area contributed by atoms with Gasteiger partial charge in [0.25, 0.3) is 0 Å². The van der Waals surface area contributed by atoms with Crippen molar-refractivity contribution in [2.24, 2.45) is 27.1 Å². The maximum absolute atomic E-state index is 12.8. The Morgan fingerprint density at radius 2 is 1.29 bits per heavy atom. The lowest BCUT2D eigenvalue weighted by Gasteiger charge is -2.33. The highest BCUT2D eigenvalue weighted by atomic mass is 16.6. The molecule has 0 saturated carbocycles. The van der Waals surface area contributed by atoms with Gasteiger partial charge in [0, 0.05) is 0 Å². The summed E-state index contributed by atoms with van der Waals surface area (Å²) in [4.78, 5) is 25.0. The van der Waals surface area contributed by atoms with E-state index < -0.39 is 6.10 Å². The van der Waals surface area contributed by atoms with Crippen LogP contribution in [0.2, 0.25) is 0 Å². The zero-order chi connectivity index (χ0) is 27.0. The fourth-order valence-corrected chi connectivity index (χ4v) is 4.73. The number of carbonyl (C=O) groups is 2. The maximum atomic E-state index is 12.8. The molecule has 1 atom stereocenters. The molecule has 5 heteroatoms. The van der Waals surface area contributed by atoms with Crippen LogP contribution in [0, 0.1) is 27.1 Å². The first-order valence-corrected chi connectivity index (χ1v) is 12.6. The molecular formula is C29H54O5. The molecule has 0 fully saturated rings. The molecule has 0 heterocycles. The summed E-state index contributed by atoms with van der Waals surface area (Å²) in [7, 11) is 0. The monoisotopic (exact) mass is 482 g/mol. The Balaban J connectivity index is 5.12. The Hall–Kier alpha value is -1.36. The lowest BCUT2D eigenvalue weighted by Crippen LogP contribution is -2.34. The number of ether oxygens (including phenoxy) is 3. The second kappa shape index (κ2) is 12.6. The van der Waals surface area contributed by atoms with Crippen LogP contribution in [0.1, 0.15) is 109 Å². The third-order valence-electron chi connectivity index (χ3n) is 5.32. The van der Waals surface area contributed by atoms with Crippen LogP contribution in [0.3, 0.4) is 0 Å². The summed E-state index contributed by atoms with van der Waals surface area (Å²) < 4.78 is 17.2. The van der Waals surface area contributed by atoms with Gasteiger partial charge in [-0.25, -0.2) is 0 Å². The highest BCUT2D eigenvalue weighted by molar-refractivity contribution is 5.71. The van der Waals surface area contributed by atoms with Crippen molar-refractivity contribution >= 4 is 11.9 Å². The van der Waals surface area contributed by atoms with Crippen LogP contribution in [0.25, 0.3) is 0 Å². The lowest BCUT2D eigenvalue weighted by atomic mass is 9.74. The standard InChI is InChI=1S/C29H54O5/c1-14-27(8,9)20-29(12,13)21-32-17-22(18-33-23(30)15-25(2,3)4)34-24(31)16-28(10,11)19-26(5,6)7/h14,22H,1,15-21H2,2-13H3. The third kappa shape index (κ3) is 17.1. The van der Waals surface area contributed by atoms with Crippen molar-refractivity contribution < 1.29 is 23.8 Å². The van der Waals surface area contributed by atoms with E-state index >= 15 is 0 Å². The van der Waals surface area contributed by atoms with Gasteiger partial charge in [-0.1, -0.05) is 89.2 Å². The number of hydrogen-bond acceptors (Lipinski definition) is 5. The molecule has 0 aromatic heterocycles. The molecule has 0 aliphatic rings. The van der Waals surface area contributed by atoms with Gasteiger partial charge in [0.2, 0.25) is 0 Å². The highest BCUT2D eigenvalue weighted by Gasteiger charge is 2.31. The average molecular weight is 483 g/mol. The van der Waals surface area contributed by atoms with E-state index in [4.69, 9.17) is 14.2 Å². The normalized spacial score (nSPS) is 14.5. The molecule has 0 amide bonds. The molecule has 5 nitrogen and oxygen atoms in total. The quantitative estimate of drug-likeness (QED) is 0.191. The minimum atomic E-state index is -0.634. The summed E-state index contributed by atoms with van der Waals surface area (Å²) in [6, 6.07) is 0. The van der Waals surface area contributed by atoms with Crippen LogP contribution >= 0.6 is 0 Å². The van der Waals surface area contributed by atoms with Crippen molar-refractivity contribution in [3.8, 4) is 0 Å². The molecule has 0 aromatic rings. The van der Waals surface area contributed by atoms with Crippen LogP contribution in [0.5, 0.6) is 0 Å². The molecule has 0 spiro atoms. The summed E-state index contributed by atoms with van der Waals surface area (Å²) in [5, 5.41) is 0. The molecule has 0 aliphatic heterocycles. The molecular weight excluding hydrogens is 428 g/mol. The van der Waals surface area contributed by atoms with Gasteiger partial charge in [-0.05, 0) is 39.9 Å². The van der Waals surface area contributed by atoms with Gasteiger partial charge >= 0.3 is 11.9 Å². The Morgan fingerprint density at radius 1 is 0.735 bits per heavy atom. The fraction of sp³-hybridized carbons (Fsp3) is 0.862. The van der Waals surface area contributed by atoms with Gasteiger partial charge in [0.15, 0.2) is 6.10 Å². The molecule has 0 radical (unpaired) electrons. The van der Waals surface area contributed by atoms with Crippen LogP contribution in [-0.2, 0) is 23.8 Å². The second-order valence-electron chi connectivity index (χ2n) is 14.7. The molecule has 0 rings (SSSR count). The van der Waals surface area contributed by atoms with Gasteiger partial charge in [-0.2, -0.15) is 0 Å². The van der Waals surface area contributed by atoms with E-state index in [0.29, 0.717) is 19.4 Å². The first-order chi connectivity index (χ1) is 15.0. The Bertz CT molecular complexity index is 659. The van der Waals surface area contributed by atoms with E-state index in [1.807, 2.05) is 26.8 Å². The van der Waals surface area contributed by atoms with E-state index in [2.05, 4.69) is 68.9 Å². The minimum absolute atomic E-state index is 0.000148. The molecule has 0 aromatic carbocycles. The second-order valence-corrected chi connectivity index (χ2v) is 14.7. The zero-order valence-corrected chi connectivity index (χ0v) is 24.4. The van der Waals surface area contributed by atoms with Crippen molar-refractivity contribution in [3.63, 3.8) is 0 Å². The smallest absolute Gasteiger partial charge is 0.306 e. The van der Waals surface area contributed by atoms with Gasteiger partial charge < -0.3 is 14.2 Å². The summed E-state index contributed by atoms with van der Waals surface area (Å²) in [6.07, 6.45) is 3.74. The van der Waals surface area contributed by atoms with Gasteiger partial charge in [-0.3, -0.25) is 9.59 Å². The average Bonchev–Trinajstić information content (AvgIpc) is 2.54. The third-order valence-corrected chi connectivity index (χ3v) is 5.32. The van der Waals surface area contributed by atoms with E-state index in [-0.39, 0.29) is 52.2 Å². The summed E-state index contributed by atoms with van der Waals surface area (Å²) >= 11 is 0. The molecule has 0 saturated heterocycles. The van der Waals surface area contributed by atoms with E-state index in [9.17, 15) is 9.59 Å². The summed E-state index contributed by atoms with van der Waals surface area (Å²) in [5.74, 6) is -0.587. The molecule has 200 valence electrons. The predicted octanol–water partition coefficient (Wildman–Crippen LogP) is 7.38. The van der Waals surface area contributed by atoms with Crippen LogP contribution in [0.15, 0.2) is 12.7 Å². The van der Waals surface area contributed by atoms with Crippen LogP contribution < -0.4 is 0 Å². The first kappa shape index (κ1) is 32.6. The molecule has 0 bridgehead atoms. The molecule has 0 aliphatic carbocycles. The van der Waals surface area contributed by atoms with Crippen molar-refractivity contribution in [2.75, 3.05) is 19.8 Å². The Kier molecular flexibility index (Phi) is 12.1. The minimum Gasteiger partial charge on any atom is -0.462 e. The molecule has 34 heavy (non-hydrogen) atoms. The lowest BCUT2D eigenvalue weighted by molar-refractivity contribution is -0.166. The van der Waals surface area contributed by atoms with Crippen LogP contribution in [-0.4, -0.2) is 37.9 Å². The van der Waals surface area contributed by atoms with E-state index in [0.717, 1.165) is 12.8 Å².